The Balaban J connectivity index is 1.76. The summed E-state index contributed by atoms with van der Waals surface area (Å²) in [6.45, 7) is 0.174. The summed E-state index contributed by atoms with van der Waals surface area (Å²) in [6.07, 6.45) is -0.234. The lowest BCUT2D eigenvalue weighted by Crippen LogP contribution is -2.58. The first-order chi connectivity index (χ1) is 15.3. The largest absolute Gasteiger partial charge is 0.467 e. The van der Waals surface area contributed by atoms with Crippen LogP contribution in [0.25, 0.3) is 0 Å². The molecular formula is C22H25N3O6S. The maximum Gasteiger partial charge on any atom is 0.328 e. The Bertz CT molecular complexity index is 1060. The SMILES string of the molecule is COC(=O)[C@H](Cc1ccccc1)NC(=O)C[C@H]1C(=O)NCCN1S(=O)(=O)c1ccccc1. The van der Waals surface area contributed by atoms with E-state index in [9.17, 15) is 22.8 Å². The van der Waals surface area contributed by atoms with Crippen molar-refractivity contribution in [3.63, 3.8) is 0 Å². The first-order valence-electron chi connectivity index (χ1n) is 10.1. The molecule has 0 radical (unpaired) electrons. The van der Waals surface area contributed by atoms with Gasteiger partial charge >= 0.3 is 5.97 Å². The number of hydrogen-bond acceptors (Lipinski definition) is 6. The van der Waals surface area contributed by atoms with E-state index < -0.39 is 46.3 Å². The summed E-state index contributed by atoms with van der Waals surface area (Å²) in [4.78, 5) is 37.5. The van der Waals surface area contributed by atoms with E-state index >= 15 is 0 Å². The molecule has 0 bridgehead atoms. The zero-order valence-electron chi connectivity index (χ0n) is 17.6. The van der Waals surface area contributed by atoms with Crippen molar-refractivity contribution in [2.75, 3.05) is 20.2 Å². The molecule has 0 aromatic heterocycles. The molecule has 9 nitrogen and oxygen atoms in total. The Morgan fingerprint density at radius 3 is 2.38 bits per heavy atom. The maximum absolute atomic E-state index is 13.1. The third-order valence-electron chi connectivity index (χ3n) is 5.11. The fourth-order valence-corrected chi connectivity index (χ4v) is 5.13. The van der Waals surface area contributed by atoms with Gasteiger partial charge in [0.2, 0.25) is 21.8 Å². The van der Waals surface area contributed by atoms with Crippen molar-refractivity contribution in [2.24, 2.45) is 0 Å². The summed E-state index contributed by atoms with van der Waals surface area (Å²) < 4.78 is 32.0. The minimum atomic E-state index is -3.99. The van der Waals surface area contributed by atoms with Crippen LogP contribution >= 0.6 is 0 Å². The van der Waals surface area contributed by atoms with Crippen LogP contribution in [-0.2, 0) is 35.6 Å². The molecule has 1 aliphatic heterocycles. The number of nitrogens with zero attached hydrogens (tertiary/aromatic N) is 1. The van der Waals surface area contributed by atoms with Gasteiger partial charge in [-0.3, -0.25) is 9.59 Å². The Kier molecular flexibility index (Phi) is 7.60. The maximum atomic E-state index is 13.1. The van der Waals surface area contributed by atoms with E-state index in [1.54, 1.807) is 18.2 Å². The molecule has 2 amide bonds. The van der Waals surface area contributed by atoms with Gasteiger partial charge in [-0.1, -0.05) is 48.5 Å². The van der Waals surface area contributed by atoms with Gasteiger partial charge in [-0.05, 0) is 17.7 Å². The first kappa shape index (κ1) is 23.4. The van der Waals surface area contributed by atoms with Gasteiger partial charge < -0.3 is 15.4 Å². The van der Waals surface area contributed by atoms with Crippen LogP contribution in [0.3, 0.4) is 0 Å². The molecule has 0 spiro atoms. The van der Waals surface area contributed by atoms with Crippen molar-refractivity contribution in [3.05, 3.63) is 66.2 Å². The number of piperazine rings is 1. The van der Waals surface area contributed by atoms with Gasteiger partial charge in [-0.2, -0.15) is 4.31 Å². The highest BCUT2D eigenvalue weighted by atomic mass is 32.2. The lowest BCUT2D eigenvalue weighted by molar-refractivity contribution is -0.145. The molecule has 2 aromatic carbocycles. The summed E-state index contributed by atoms with van der Waals surface area (Å²) in [5.74, 6) is -1.83. The Morgan fingerprint density at radius 1 is 1.12 bits per heavy atom. The number of amides is 2. The molecule has 2 aromatic rings. The van der Waals surface area contributed by atoms with Gasteiger partial charge in [-0.25, -0.2) is 13.2 Å². The van der Waals surface area contributed by atoms with Gasteiger partial charge in [0.15, 0.2) is 0 Å². The molecular weight excluding hydrogens is 434 g/mol. The summed E-state index contributed by atoms with van der Waals surface area (Å²) in [6, 6.07) is 14.6. The van der Waals surface area contributed by atoms with Crippen molar-refractivity contribution < 1.29 is 27.5 Å². The number of nitrogens with one attached hydrogen (secondary N) is 2. The highest BCUT2D eigenvalue weighted by Crippen LogP contribution is 2.21. The van der Waals surface area contributed by atoms with E-state index in [0.717, 1.165) is 9.87 Å². The second-order valence-corrected chi connectivity index (χ2v) is 9.16. The standard InChI is InChI=1S/C22H25N3O6S/c1-31-22(28)18(14-16-8-4-2-5-9-16)24-20(26)15-19-21(27)23-12-13-25(19)32(29,30)17-10-6-3-7-11-17/h2-11,18-19H,12-15H2,1H3,(H,23,27)(H,24,26)/t18-,19-/m0/s1. The molecule has 10 heteroatoms. The van der Waals surface area contributed by atoms with Crippen LogP contribution in [0.1, 0.15) is 12.0 Å². The Labute approximate surface area is 186 Å². The average molecular weight is 460 g/mol. The molecule has 0 unspecified atom stereocenters. The minimum Gasteiger partial charge on any atom is -0.467 e. The van der Waals surface area contributed by atoms with Gasteiger partial charge in [0.1, 0.15) is 12.1 Å². The van der Waals surface area contributed by atoms with E-state index in [2.05, 4.69) is 10.6 Å². The van der Waals surface area contributed by atoms with Gasteiger partial charge in [0.05, 0.1) is 18.4 Å². The Hall–Kier alpha value is -3.24. The number of hydrogen-bond donors (Lipinski definition) is 2. The molecule has 1 fully saturated rings. The number of carbonyl (C=O) groups is 3. The highest BCUT2D eigenvalue weighted by molar-refractivity contribution is 7.89. The van der Waals surface area contributed by atoms with E-state index in [0.29, 0.717) is 0 Å². The highest BCUT2D eigenvalue weighted by Gasteiger charge is 2.40. The molecule has 170 valence electrons. The van der Waals surface area contributed by atoms with Crippen molar-refractivity contribution in [3.8, 4) is 0 Å². The van der Waals surface area contributed by atoms with Crippen molar-refractivity contribution in [1.29, 1.82) is 0 Å². The zero-order valence-corrected chi connectivity index (χ0v) is 18.4. The van der Waals surface area contributed by atoms with Gasteiger partial charge in [-0.15, -0.1) is 0 Å². The fraction of sp³-hybridized carbons (Fsp3) is 0.318. The van der Waals surface area contributed by atoms with Gasteiger partial charge in [0.25, 0.3) is 0 Å². The summed E-state index contributed by atoms with van der Waals surface area (Å²) >= 11 is 0. The monoisotopic (exact) mass is 459 g/mol. The first-order valence-corrected chi connectivity index (χ1v) is 11.5. The molecule has 32 heavy (non-hydrogen) atoms. The smallest absolute Gasteiger partial charge is 0.328 e. The quantitative estimate of drug-likeness (QED) is 0.554. The second kappa shape index (κ2) is 10.4. The molecule has 1 aliphatic rings. The molecule has 0 aliphatic carbocycles. The number of rotatable bonds is 8. The minimum absolute atomic E-state index is 0.0331. The van der Waals surface area contributed by atoms with E-state index in [1.165, 1.54) is 19.2 Å². The third-order valence-corrected chi connectivity index (χ3v) is 7.04. The number of carbonyl (C=O) groups excluding carboxylic acids is 3. The van der Waals surface area contributed by atoms with E-state index in [-0.39, 0.29) is 24.4 Å². The molecule has 2 atom stereocenters. The summed E-state index contributed by atoms with van der Waals surface area (Å²) in [7, 11) is -2.77. The molecule has 1 heterocycles. The summed E-state index contributed by atoms with van der Waals surface area (Å²) in [5, 5.41) is 5.18. The van der Waals surface area contributed by atoms with Crippen LogP contribution in [0.5, 0.6) is 0 Å². The van der Waals surface area contributed by atoms with Crippen LogP contribution in [-0.4, -0.2) is 62.8 Å². The lowest BCUT2D eigenvalue weighted by Gasteiger charge is -2.33. The zero-order chi connectivity index (χ0) is 23.1. The number of sulfonamides is 1. The van der Waals surface area contributed by atoms with Crippen molar-refractivity contribution in [1.82, 2.24) is 14.9 Å². The van der Waals surface area contributed by atoms with Gasteiger partial charge in [0, 0.05) is 19.5 Å². The van der Waals surface area contributed by atoms with E-state index in [1.807, 2.05) is 30.3 Å². The molecule has 2 N–H and O–H groups in total. The number of esters is 1. The normalized spacial score (nSPS) is 17.8. The molecule has 0 saturated carbocycles. The number of methoxy groups -OCH3 is 1. The van der Waals surface area contributed by atoms with Crippen LogP contribution < -0.4 is 10.6 Å². The molecule has 1 saturated heterocycles. The predicted octanol–water partition coefficient (Wildman–Crippen LogP) is 0.466. The number of benzene rings is 2. The van der Waals surface area contributed by atoms with Crippen molar-refractivity contribution >= 4 is 27.8 Å². The number of ether oxygens (including phenoxy) is 1. The fourth-order valence-electron chi connectivity index (χ4n) is 3.52. The van der Waals surface area contributed by atoms with Crippen LogP contribution in [0.4, 0.5) is 0 Å². The van der Waals surface area contributed by atoms with Crippen LogP contribution in [0.15, 0.2) is 65.6 Å². The van der Waals surface area contributed by atoms with Crippen LogP contribution in [0.2, 0.25) is 0 Å². The summed E-state index contributed by atoms with van der Waals surface area (Å²) in [5.41, 5.74) is 0.812. The van der Waals surface area contributed by atoms with Crippen LogP contribution in [0, 0.1) is 0 Å². The Morgan fingerprint density at radius 2 is 1.75 bits per heavy atom. The molecule has 3 rings (SSSR count). The predicted molar refractivity (Wildman–Crippen MR) is 116 cm³/mol. The third kappa shape index (κ3) is 5.51. The lowest BCUT2D eigenvalue weighted by atomic mass is 10.1. The average Bonchev–Trinajstić information content (AvgIpc) is 2.80. The topological polar surface area (TPSA) is 122 Å². The van der Waals surface area contributed by atoms with E-state index in [4.69, 9.17) is 4.74 Å². The van der Waals surface area contributed by atoms with Crippen molar-refractivity contribution in [2.45, 2.75) is 29.8 Å². The second-order valence-electron chi connectivity index (χ2n) is 7.27.